The Morgan fingerprint density at radius 1 is 0.974 bits per heavy atom. The van der Waals surface area contributed by atoms with Crippen molar-refractivity contribution in [2.24, 2.45) is 22.2 Å². The van der Waals surface area contributed by atoms with E-state index in [9.17, 15) is 29.1 Å². The van der Waals surface area contributed by atoms with Crippen molar-refractivity contribution in [3.05, 3.63) is 36.0 Å². The Balaban J connectivity index is 2.07. The lowest BCUT2D eigenvalue weighted by atomic mass is 10.0. The predicted octanol–water partition coefficient (Wildman–Crippen LogP) is -1.87. The number of carboxylic acid groups (broad SMARTS) is 2. The largest absolute Gasteiger partial charge is 0.481 e. The third-order valence-electron chi connectivity index (χ3n) is 5.74. The van der Waals surface area contributed by atoms with Gasteiger partial charge in [-0.2, -0.15) is 0 Å². The number of fused-ring (bicyclic) bond motifs is 1. The van der Waals surface area contributed by atoms with Gasteiger partial charge in [-0.05, 0) is 30.9 Å². The average molecular weight is 547 g/mol. The third kappa shape index (κ3) is 10.3. The minimum absolute atomic E-state index is 0.0697. The molecule has 0 aliphatic rings. The molecule has 3 unspecified atom stereocenters. The number of benzene rings is 1. The molecule has 3 atom stereocenters. The number of aliphatic imine (C=N–C) groups is 1. The van der Waals surface area contributed by atoms with E-state index < -0.39 is 60.8 Å². The summed E-state index contributed by atoms with van der Waals surface area (Å²) in [5.41, 5.74) is 18.1. The van der Waals surface area contributed by atoms with Crippen molar-refractivity contribution in [1.29, 1.82) is 0 Å². The molecular formula is C24H34N8O7. The molecule has 2 aromatic rings. The molecule has 39 heavy (non-hydrogen) atoms. The molecule has 0 radical (unpaired) electrons. The van der Waals surface area contributed by atoms with Crippen molar-refractivity contribution in [2.45, 2.75) is 50.2 Å². The van der Waals surface area contributed by atoms with Crippen LogP contribution in [-0.2, 0) is 30.4 Å². The molecule has 2 rings (SSSR count). The van der Waals surface area contributed by atoms with Gasteiger partial charge in [0.2, 0.25) is 17.7 Å². The van der Waals surface area contributed by atoms with Crippen LogP contribution in [-0.4, -0.2) is 82.0 Å². The van der Waals surface area contributed by atoms with Crippen molar-refractivity contribution in [1.82, 2.24) is 20.9 Å². The van der Waals surface area contributed by atoms with E-state index in [2.05, 4.69) is 25.9 Å². The van der Waals surface area contributed by atoms with Gasteiger partial charge in [0.25, 0.3) is 0 Å². The summed E-state index contributed by atoms with van der Waals surface area (Å²) in [5, 5.41) is 26.0. The van der Waals surface area contributed by atoms with Crippen molar-refractivity contribution in [3.63, 3.8) is 0 Å². The molecule has 1 aromatic heterocycles. The Hall–Kier alpha value is -4.66. The van der Waals surface area contributed by atoms with Crippen molar-refractivity contribution >= 4 is 46.5 Å². The lowest BCUT2D eigenvalue weighted by Gasteiger charge is -2.21. The van der Waals surface area contributed by atoms with Gasteiger partial charge in [-0.25, -0.2) is 4.79 Å². The summed E-state index contributed by atoms with van der Waals surface area (Å²) in [6.07, 6.45) is 1.66. The standard InChI is InChI=1S/C24H34N8O7/c25-15(5-3-9-28-24(26)27)21(36)32-18(10-13-11-29-16-6-2-1-4-14(13)16)22(37)30-12-19(33)31-17(23(38)39)7-8-20(34)35/h1-2,4,6,11,15,17-18,29H,3,5,7-10,12,25H2,(H,30,37)(H,31,33)(H,32,36)(H,34,35)(H,38,39)(H4,26,27,28). The van der Waals surface area contributed by atoms with E-state index in [1.54, 1.807) is 6.20 Å². The first kappa shape index (κ1) is 30.6. The van der Waals surface area contributed by atoms with E-state index in [4.69, 9.17) is 22.3 Å². The molecule has 0 bridgehead atoms. The zero-order valence-corrected chi connectivity index (χ0v) is 21.2. The number of nitrogens with zero attached hydrogens (tertiary/aromatic N) is 1. The number of carboxylic acids is 2. The SMILES string of the molecule is NC(N)=NCCCC(N)C(=O)NC(Cc1c[nH]c2ccccc12)C(=O)NCC(=O)NC(CCC(=O)O)C(=O)O. The lowest BCUT2D eigenvalue weighted by Crippen LogP contribution is -2.54. The fourth-order valence-corrected chi connectivity index (χ4v) is 3.72. The maximum atomic E-state index is 13.0. The molecule has 3 amide bonds. The molecule has 12 N–H and O–H groups in total. The number of aromatic nitrogens is 1. The lowest BCUT2D eigenvalue weighted by molar-refractivity contribution is -0.143. The van der Waals surface area contributed by atoms with Gasteiger partial charge >= 0.3 is 11.9 Å². The monoisotopic (exact) mass is 546 g/mol. The number of H-pyrrole nitrogens is 1. The second-order valence-corrected chi connectivity index (χ2v) is 8.79. The van der Waals surface area contributed by atoms with Crippen molar-refractivity contribution < 1.29 is 34.2 Å². The normalized spacial score (nSPS) is 13.1. The number of nitrogens with one attached hydrogen (secondary N) is 4. The summed E-state index contributed by atoms with van der Waals surface area (Å²) < 4.78 is 0. The fourth-order valence-electron chi connectivity index (χ4n) is 3.72. The predicted molar refractivity (Wildman–Crippen MR) is 141 cm³/mol. The van der Waals surface area contributed by atoms with E-state index in [0.717, 1.165) is 16.5 Å². The smallest absolute Gasteiger partial charge is 0.326 e. The van der Waals surface area contributed by atoms with E-state index >= 15 is 0 Å². The Morgan fingerprint density at radius 2 is 1.69 bits per heavy atom. The van der Waals surface area contributed by atoms with E-state index in [0.29, 0.717) is 6.42 Å². The Kier molecular flexibility index (Phi) is 11.7. The molecule has 0 saturated heterocycles. The second-order valence-electron chi connectivity index (χ2n) is 8.79. The highest BCUT2D eigenvalue weighted by Gasteiger charge is 2.26. The number of rotatable bonds is 16. The molecule has 1 aromatic carbocycles. The van der Waals surface area contributed by atoms with Gasteiger partial charge in [-0.3, -0.25) is 24.2 Å². The fraction of sp³-hybridized carbons (Fsp3) is 0.417. The number of amides is 3. The van der Waals surface area contributed by atoms with E-state index in [1.807, 2.05) is 24.3 Å². The number of hydrogen-bond donors (Lipinski definition) is 9. The van der Waals surface area contributed by atoms with Crippen LogP contribution >= 0.6 is 0 Å². The Morgan fingerprint density at radius 3 is 2.36 bits per heavy atom. The highest BCUT2D eigenvalue weighted by atomic mass is 16.4. The van der Waals surface area contributed by atoms with Gasteiger partial charge in [0, 0.05) is 36.5 Å². The zero-order chi connectivity index (χ0) is 28.9. The summed E-state index contributed by atoms with van der Waals surface area (Å²) >= 11 is 0. The summed E-state index contributed by atoms with van der Waals surface area (Å²) in [7, 11) is 0. The summed E-state index contributed by atoms with van der Waals surface area (Å²) in [6, 6.07) is 3.87. The molecule has 0 fully saturated rings. The van der Waals surface area contributed by atoms with Crippen LogP contribution in [0.3, 0.4) is 0 Å². The average Bonchev–Trinajstić information content (AvgIpc) is 3.29. The maximum absolute atomic E-state index is 13.0. The molecule has 212 valence electrons. The molecule has 15 nitrogen and oxygen atoms in total. The van der Waals surface area contributed by atoms with Crippen LogP contribution in [0.1, 0.15) is 31.2 Å². The molecule has 0 aliphatic carbocycles. The van der Waals surface area contributed by atoms with Crippen LogP contribution in [0.4, 0.5) is 0 Å². The van der Waals surface area contributed by atoms with Gasteiger partial charge in [-0.15, -0.1) is 0 Å². The van der Waals surface area contributed by atoms with Crippen LogP contribution in [0.2, 0.25) is 0 Å². The molecule has 0 aliphatic heterocycles. The Labute approximate surface area is 223 Å². The number of carbonyl (C=O) groups is 5. The van der Waals surface area contributed by atoms with Crippen LogP contribution in [0, 0.1) is 0 Å². The number of aliphatic carboxylic acids is 2. The summed E-state index contributed by atoms with van der Waals surface area (Å²) in [6.45, 7) is -0.317. The van der Waals surface area contributed by atoms with E-state index in [1.165, 1.54) is 0 Å². The number of hydrogen-bond acceptors (Lipinski definition) is 7. The van der Waals surface area contributed by atoms with Crippen LogP contribution in [0.5, 0.6) is 0 Å². The van der Waals surface area contributed by atoms with Gasteiger partial charge in [0.15, 0.2) is 5.96 Å². The zero-order valence-electron chi connectivity index (χ0n) is 21.2. The molecule has 1 heterocycles. The number of guanidine groups is 1. The number of carbonyl (C=O) groups excluding carboxylic acids is 3. The topological polar surface area (TPSA) is 268 Å². The molecule has 0 spiro atoms. The first-order chi connectivity index (χ1) is 18.5. The van der Waals surface area contributed by atoms with Crippen LogP contribution in [0.15, 0.2) is 35.5 Å². The minimum Gasteiger partial charge on any atom is -0.481 e. The van der Waals surface area contributed by atoms with Crippen LogP contribution < -0.4 is 33.2 Å². The third-order valence-corrected chi connectivity index (χ3v) is 5.74. The van der Waals surface area contributed by atoms with E-state index in [-0.39, 0.29) is 31.8 Å². The summed E-state index contributed by atoms with van der Waals surface area (Å²) in [5.74, 6) is -4.83. The second kappa shape index (κ2) is 14.9. The van der Waals surface area contributed by atoms with Crippen molar-refractivity contribution in [3.8, 4) is 0 Å². The summed E-state index contributed by atoms with van der Waals surface area (Å²) in [4.78, 5) is 67.0. The van der Waals surface area contributed by atoms with Gasteiger partial charge in [-0.1, -0.05) is 18.2 Å². The van der Waals surface area contributed by atoms with Gasteiger partial charge < -0.3 is 48.3 Å². The Bertz CT molecular complexity index is 1210. The molecular weight excluding hydrogens is 512 g/mol. The highest BCUT2D eigenvalue weighted by molar-refractivity contribution is 5.93. The number of para-hydroxylation sites is 1. The quantitative estimate of drug-likeness (QED) is 0.0642. The van der Waals surface area contributed by atoms with Crippen LogP contribution in [0.25, 0.3) is 10.9 Å². The first-order valence-electron chi connectivity index (χ1n) is 12.2. The minimum atomic E-state index is -1.44. The maximum Gasteiger partial charge on any atom is 0.326 e. The first-order valence-corrected chi connectivity index (χ1v) is 12.2. The number of nitrogens with two attached hydrogens (primary N) is 3. The molecule has 15 heteroatoms. The van der Waals surface area contributed by atoms with Gasteiger partial charge in [0.1, 0.15) is 12.1 Å². The molecule has 0 saturated carbocycles. The van der Waals surface area contributed by atoms with Crippen molar-refractivity contribution in [2.75, 3.05) is 13.1 Å². The highest BCUT2D eigenvalue weighted by Crippen LogP contribution is 2.19. The van der Waals surface area contributed by atoms with Gasteiger partial charge in [0.05, 0.1) is 12.6 Å². The number of aromatic amines is 1.